The maximum atomic E-state index is 3.57. The summed E-state index contributed by atoms with van der Waals surface area (Å²) in [5, 5.41) is 3.57. The summed E-state index contributed by atoms with van der Waals surface area (Å²) in [6.07, 6.45) is 11.7. The molecule has 1 N–H and O–H groups in total. The second kappa shape index (κ2) is 3.40. The first kappa shape index (κ1) is 7.35. The summed E-state index contributed by atoms with van der Waals surface area (Å²) in [6, 6.07) is 0.714. The number of nitrogens with one attached hydrogen (secondary N) is 1. The third-order valence-corrected chi connectivity index (χ3v) is 2.93. The molecule has 0 spiro atoms. The SMILES string of the molecule is C1=CC2NCCCC2CCC1. The van der Waals surface area contributed by atoms with Gasteiger partial charge in [-0.25, -0.2) is 0 Å². The monoisotopic (exact) mass is 151 g/mol. The molecule has 0 aromatic rings. The summed E-state index contributed by atoms with van der Waals surface area (Å²) in [5.74, 6) is 0.947. The van der Waals surface area contributed by atoms with Crippen molar-refractivity contribution < 1.29 is 0 Å². The fourth-order valence-electron chi connectivity index (χ4n) is 2.27. The summed E-state index contributed by atoms with van der Waals surface area (Å²) in [4.78, 5) is 0. The molecule has 1 nitrogen and oxygen atoms in total. The molecule has 0 amide bonds. The first-order valence-electron chi connectivity index (χ1n) is 4.87. The summed E-state index contributed by atoms with van der Waals surface area (Å²) >= 11 is 0. The maximum absolute atomic E-state index is 3.57. The van der Waals surface area contributed by atoms with Crippen LogP contribution in [0, 0.1) is 5.92 Å². The molecule has 2 aliphatic rings. The fourth-order valence-corrected chi connectivity index (χ4v) is 2.27. The zero-order valence-corrected chi connectivity index (χ0v) is 7.05. The quantitative estimate of drug-likeness (QED) is 0.523. The van der Waals surface area contributed by atoms with E-state index in [4.69, 9.17) is 0 Å². The van der Waals surface area contributed by atoms with Gasteiger partial charge in [0.15, 0.2) is 0 Å². The van der Waals surface area contributed by atoms with Crippen LogP contribution in [-0.4, -0.2) is 12.6 Å². The Hall–Kier alpha value is -0.300. The Morgan fingerprint density at radius 2 is 2.09 bits per heavy atom. The predicted molar refractivity (Wildman–Crippen MR) is 47.5 cm³/mol. The molecule has 1 aliphatic carbocycles. The maximum Gasteiger partial charge on any atom is 0.0278 e. The van der Waals surface area contributed by atoms with Gasteiger partial charge in [0.2, 0.25) is 0 Å². The molecule has 1 saturated heterocycles. The second-order valence-corrected chi connectivity index (χ2v) is 3.74. The van der Waals surface area contributed by atoms with Crippen LogP contribution in [0.15, 0.2) is 12.2 Å². The Morgan fingerprint density at radius 1 is 1.18 bits per heavy atom. The van der Waals surface area contributed by atoms with Gasteiger partial charge in [0.05, 0.1) is 0 Å². The summed E-state index contributed by atoms with van der Waals surface area (Å²) in [6.45, 7) is 1.23. The van der Waals surface area contributed by atoms with Crippen LogP contribution in [0.5, 0.6) is 0 Å². The van der Waals surface area contributed by atoms with E-state index < -0.39 is 0 Å². The van der Waals surface area contributed by atoms with Crippen molar-refractivity contribution >= 4 is 0 Å². The van der Waals surface area contributed by atoms with Crippen molar-refractivity contribution in [2.75, 3.05) is 6.54 Å². The standard InChI is InChI=1S/C10H17N/c1-2-5-9-6-4-8-11-10(9)7-3-1/h3,7,9-11H,1-2,4-6,8H2. The van der Waals surface area contributed by atoms with Gasteiger partial charge in [-0.2, -0.15) is 0 Å². The first-order chi connectivity index (χ1) is 5.47. The van der Waals surface area contributed by atoms with Crippen molar-refractivity contribution in [2.45, 2.75) is 38.1 Å². The topological polar surface area (TPSA) is 12.0 Å². The van der Waals surface area contributed by atoms with Gasteiger partial charge in [0.25, 0.3) is 0 Å². The Labute approximate surface area is 68.9 Å². The van der Waals surface area contributed by atoms with Crippen LogP contribution in [0.3, 0.4) is 0 Å². The van der Waals surface area contributed by atoms with E-state index in [1.807, 2.05) is 0 Å². The number of piperidine rings is 1. The number of allylic oxidation sites excluding steroid dienone is 1. The highest BCUT2D eigenvalue weighted by molar-refractivity contribution is 5.00. The highest BCUT2D eigenvalue weighted by atomic mass is 14.9. The molecule has 1 heterocycles. The van der Waals surface area contributed by atoms with Crippen molar-refractivity contribution in [1.29, 1.82) is 0 Å². The van der Waals surface area contributed by atoms with Gasteiger partial charge in [-0.1, -0.05) is 12.2 Å². The summed E-state index contributed by atoms with van der Waals surface area (Å²) < 4.78 is 0. The second-order valence-electron chi connectivity index (χ2n) is 3.74. The Kier molecular flexibility index (Phi) is 2.27. The van der Waals surface area contributed by atoms with Crippen molar-refractivity contribution in [1.82, 2.24) is 5.32 Å². The van der Waals surface area contributed by atoms with Gasteiger partial charge in [-0.3, -0.25) is 0 Å². The molecule has 11 heavy (non-hydrogen) atoms. The minimum Gasteiger partial charge on any atom is -0.310 e. The smallest absolute Gasteiger partial charge is 0.0278 e. The third-order valence-electron chi connectivity index (χ3n) is 2.93. The lowest BCUT2D eigenvalue weighted by Crippen LogP contribution is -2.39. The number of hydrogen-bond acceptors (Lipinski definition) is 1. The molecule has 0 bridgehead atoms. The van der Waals surface area contributed by atoms with Crippen molar-refractivity contribution in [3.05, 3.63) is 12.2 Å². The van der Waals surface area contributed by atoms with Crippen molar-refractivity contribution in [3.63, 3.8) is 0 Å². The third kappa shape index (κ3) is 1.64. The molecule has 2 rings (SSSR count). The number of hydrogen-bond donors (Lipinski definition) is 1. The first-order valence-corrected chi connectivity index (χ1v) is 4.87. The molecule has 0 aromatic carbocycles. The van der Waals surface area contributed by atoms with Crippen LogP contribution < -0.4 is 5.32 Å². The van der Waals surface area contributed by atoms with E-state index in [1.165, 1.54) is 38.6 Å². The highest BCUT2D eigenvalue weighted by Crippen LogP contribution is 2.25. The van der Waals surface area contributed by atoms with Crippen LogP contribution in [0.25, 0.3) is 0 Å². The lowest BCUT2D eigenvalue weighted by Gasteiger charge is -2.29. The molecule has 2 atom stereocenters. The Balaban J connectivity index is 2.02. The van der Waals surface area contributed by atoms with Gasteiger partial charge in [-0.05, 0) is 44.6 Å². The van der Waals surface area contributed by atoms with E-state index in [9.17, 15) is 0 Å². The van der Waals surface area contributed by atoms with Gasteiger partial charge in [-0.15, -0.1) is 0 Å². The summed E-state index contributed by atoms with van der Waals surface area (Å²) in [7, 11) is 0. The molecular formula is C10H17N. The summed E-state index contributed by atoms with van der Waals surface area (Å²) in [5.41, 5.74) is 0. The molecule has 0 radical (unpaired) electrons. The Morgan fingerprint density at radius 3 is 3.09 bits per heavy atom. The molecule has 1 fully saturated rings. The molecular weight excluding hydrogens is 134 g/mol. The molecule has 1 aliphatic heterocycles. The van der Waals surface area contributed by atoms with E-state index in [0.717, 1.165) is 5.92 Å². The van der Waals surface area contributed by atoms with Crippen LogP contribution in [0.1, 0.15) is 32.1 Å². The van der Waals surface area contributed by atoms with E-state index in [2.05, 4.69) is 17.5 Å². The van der Waals surface area contributed by atoms with Crippen LogP contribution in [0.4, 0.5) is 0 Å². The average molecular weight is 151 g/mol. The fraction of sp³-hybridized carbons (Fsp3) is 0.800. The van der Waals surface area contributed by atoms with Gasteiger partial charge >= 0.3 is 0 Å². The minimum absolute atomic E-state index is 0.714. The van der Waals surface area contributed by atoms with E-state index >= 15 is 0 Å². The van der Waals surface area contributed by atoms with Gasteiger partial charge in [0.1, 0.15) is 0 Å². The normalized spacial score (nSPS) is 37.8. The number of rotatable bonds is 0. The van der Waals surface area contributed by atoms with Crippen molar-refractivity contribution in [2.24, 2.45) is 5.92 Å². The minimum atomic E-state index is 0.714. The number of fused-ring (bicyclic) bond motifs is 1. The molecule has 2 unspecified atom stereocenters. The van der Waals surface area contributed by atoms with E-state index in [1.54, 1.807) is 0 Å². The van der Waals surface area contributed by atoms with E-state index in [0.29, 0.717) is 6.04 Å². The van der Waals surface area contributed by atoms with Gasteiger partial charge in [0, 0.05) is 6.04 Å². The zero-order valence-electron chi connectivity index (χ0n) is 7.05. The van der Waals surface area contributed by atoms with Gasteiger partial charge < -0.3 is 5.32 Å². The van der Waals surface area contributed by atoms with Crippen LogP contribution in [0.2, 0.25) is 0 Å². The largest absolute Gasteiger partial charge is 0.310 e. The van der Waals surface area contributed by atoms with Crippen molar-refractivity contribution in [3.8, 4) is 0 Å². The van der Waals surface area contributed by atoms with Crippen LogP contribution in [-0.2, 0) is 0 Å². The van der Waals surface area contributed by atoms with Crippen LogP contribution >= 0.6 is 0 Å². The molecule has 0 aromatic heterocycles. The highest BCUT2D eigenvalue weighted by Gasteiger charge is 2.22. The molecule has 1 heteroatoms. The predicted octanol–water partition coefficient (Wildman–Crippen LogP) is 2.09. The molecule has 62 valence electrons. The van der Waals surface area contributed by atoms with E-state index in [-0.39, 0.29) is 0 Å². The zero-order chi connectivity index (χ0) is 7.52. The average Bonchev–Trinajstić information content (AvgIpc) is 2.28. The lowest BCUT2D eigenvalue weighted by molar-refractivity contribution is 0.305. The molecule has 0 saturated carbocycles. The Bertz CT molecular complexity index is 151. The lowest BCUT2D eigenvalue weighted by atomic mass is 9.88.